The van der Waals surface area contributed by atoms with Crippen molar-refractivity contribution in [1.82, 2.24) is 4.90 Å². The molecule has 1 amide bonds. The van der Waals surface area contributed by atoms with Crippen LogP contribution in [0.25, 0.3) is 0 Å². The molecule has 1 aliphatic heterocycles. The molecule has 1 unspecified atom stereocenters. The van der Waals surface area contributed by atoms with Gasteiger partial charge in [0.25, 0.3) is 0 Å². The van der Waals surface area contributed by atoms with Crippen molar-refractivity contribution >= 4 is 11.7 Å². The lowest BCUT2D eigenvalue weighted by Crippen LogP contribution is -2.48. The van der Waals surface area contributed by atoms with Gasteiger partial charge in [0.2, 0.25) is 5.91 Å². The van der Waals surface area contributed by atoms with Crippen molar-refractivity contribution in [2.75, 3.05) is 26.3 Å². The van der Waals surface area contributed by atoms with Crippen LogP contribution in [0.4, 0.5) is 4.39 Å². The molecule has 5 nitrogen and oxygen atoms in total. The van der Waals surface area contributed by atoms with Gasteiger partial charge in [-0.25, -0.2) is 4.39 Å². The molecule has 0 aromatic heterocycles. The van der Waals surface area contributed by atoms with E-state index in [1.165, 1.54) is 24.6 Å². The Labute approximate surface area is 169 Å². The van der Waals surface area contributed by atoms with E-state index in [-0.39, 0.29) is 35.9 Å². The number of ether oxygens (including phenoxy) is 2. The van der Waals surface area contributed by atoms with E-state index in [2.05, 4.69) is 12.1 Å². The van der Waals surface area contributed by atoms with Gasteiger partial charge in [0.1, 0.15) is 24.3 Å². The molecule has 1 saturated heterocycles. The highest BCUT2D eigenvalue weighted by Gasteiger charge is 2.46. The zero-order valence-electron chi connectivity index (χ0n) is 16.3. The molecule has 0 radical (unpaired) electrons. The van der Waals surface area contributed by atoms with Crippen molar-refractivity contribution < 1.29 is 23.5 Å². The largest absolute Gasteiger partial charge is 0.491 e. The first-order chi connectivity index (χ1) is 14.0. The molecule has 6 heteroatoms. The van der Waals surface area contributed by atoms with Crippen molar-refractivity contribution in [3.63, 3.8) is 0 Å². The normalized spacial score (nSPS) is 23.5. The number of amides is 1. The van der Waals surface area contributed by atoms with Crippen molar-refractivity contribution in [3.05, 3.63) is 65.5 Å². The average Bonchev–Trinajstić information content (AvgIpc) is 3.53. The molecule has 1 aliphatic carbocycles. The lowest BCUT2D eigenvalue weighted by molar-refractivity contribution is -0.141. The molecular weight excluding hydrogens is 373 g/mol. The van der Waals surface area contributed by atoms with Gasteiger partial charge in [-0.15, -0.1) is 0 Å². The maximum atomic E-state index is 13.9. The Bertz CT molecular complexity index is 901. The predicted octanol–water partition coefficient (Wildman–Crippen LogP) is 3.44. The fourth-order valence-electron chi connectivity index (χ4n) is 3.85. The van der Waals surface area contributed by atoms with Crippen molar-refractivity contribution in [1.29, 1.82) is 0 Å². The number of morpholine rings is 1. The van der Waals surface area contributed by atoms with Crippen molar-refractivity contribution in [2.45, 2.75) is 25.4 Å². The molecule has 2 fully saturated rings. The number of halogens is 1. The minimum absolute atomic E-state index is 0.0421. The van der Waals surface area contributed by atoms with E-state index in [0.717, 1.165) is 6.42 Å². The zero-order valence-corrected chi connectivity index (χ0v) is 16.3. The zero-order chi connectivity index (χ0) is 20.4. The third-order valence-electron chi connectivity index (χ3n) is 5.54. The number of carbonyl (C=O) groups is 2. The SMILES string of the molecule is CC(=O)c1ccc(OCC2CN(C(=O)[C@@H]3C[C@H]3c3ccccc3)CCO2)cc1F. The maximum Gasteiger partial charge on any atom is 0.226 e. The van der Waals surface area contributed by atoms with Crippen LogP contribution in [-0.2, 0) is 9.53 Å². The van der Waals surface area contributed by atoms with Gasteiger partial charge in [-0.2, -0.15) is 0 Å². The minimum atomic E-state index is -0.600. The van der Waals surface area contributed by atoms with Gasteiger partial charge in [-0.05, 0) is 37.0 Å². The van der Waals surface area contributed by atoms with E-state index < -0.39 is 5.82 Å². The summed E-state index contributed by atoms with van der Waals surface area (Å²) in [6.07, 6.45) is 0.625. The Morgan fingerprint density at radius 3 is 2.72 bits per heavy atom. The molecule has 2 aromatic carbocycles. The molecular formula is C23H24FNO4. The third kappa shape index (κ3) is 4.48. The highest BCUT2D eigenvalue weighted by Crippen LogP contribution is 2.48. The van der Waals surface area contributed by atoms with Crippen LogP contribution >= 0.6 is 0 Å². The van der Waals surface area contributed by atoms with Crippen LogP contribution in [0, 0.1) is 11.7 Å². The molecule has 0 bridgehead atoms. The predicted molar refractivity (Wildman–Crippen MR) is 106 cm³/mol. The molecule has 1 heterocycles. The summed E-state index contributed by atoms with van der Waals surface area (Å²) >= 11 is 0. The first-order valence-corrected chi connectivity index (χ1v) is 9.91. The quantitative estimate of drug-likeness (QED) is 0.701. The van der Waals surface area contributed by atoms with Crippen LogP contribution in [0.5, 0.6) is 5.75 Å². The van der Waals surface area contributed by atoms with Crippen LogP contribution in [0.1, 0.15) is 35.2 Å². The van der Waals surface area contributed by atoms with Crippen molar-refractivity contribution in [2.24, 2.45) is 5.92 Å². The fourth-order valence-corrected chi connectivity index (χ4v) is 3.85. The van der Waals surface area contributed by atoms with Gasteiger partial charge in [0.05, 0.1) is 18.7 Å². The van der Waals surface area contributed by atoms with E-state index in [4.69, 9.17) is 9.47 Å². The summed E-state index contributed by atoms with van der Waals surface area (Å²) in [7, 11) is 0. The van der Waals surface area contributed by atoms with E-state index in [1.54, 1.807) is 6.07 Å². The number of carbonyl (C=O) groups excluding carboxylic acids is 2. The van der Waals surface area contributed by atoms with Crippen LogP contribution in [-0.4, -0.2) is 49.0 Å². The smallest absolute Gasteiger partial charge is 0.226 e. The topological polar surface area (TPSA) is 55.8 Å². The van der Waals surface area contributed by atoms with Crippen LogP contribution < -0.4 is 4.74 Å². The monoisotopic (exact) mass is 397 g/mol. The number of hydrogen-bond acceptors (Lipinski definition) is 4. The number of Topliss-reactive ketones (excluding diaryl/α,β-unsaturated/α-hetero) is 1. The Morgan fingerprint density at radius 1 is 1.21 bits per heavy atom. The summed E-state index contributed by atoms with van der Waals surface area (Å²) in [5.41, 5.74) is 1.26. The Kier molecular flexibility index (Phi) is 5.62. The van der Waals surface area contributed by atoms with Gasteiger partial charge in [0.15, 0.2) is 5.78 Å². The highest BCUT2D eigenvalue weighted by molar-refractivity contribution is 5.94. The lowest BCUT2D eigenvalue weighted by atomic mass is 10.1. The number of nitrogens with zero attached hydrogens (tertiary/aromatic N) is 1. The Hall–Kier alpha value is -2.73. The van der Waals surface area contributed by atoms with Gasteiger partial charge in [-0.1, -0.05) is 30.3 Å². The lowest BCUT2D eigenvalue weighted by Gasteiger charge is -2.33. The van der Waals surface area contributed by atoms with Crippen LogP contribution in [0.15, 0.2) is 48.5 Å². The number of rotatable bonds is 6. The first-order valence-electron chi connectivity index (χ1n) is 9.91. The highest BCUT2D eigenvalue weighted by atomic mass is 19.1. The number of ketones is 1. The number of hydrogen-bond donors (Lipinski definition) is 0. The summed E-state index contributed by atoms with van der Waals surface area (Å²) in [5.74, 6) is -0.0612. The Balaban J connectivity index is 1.30. The molecule has 0 N–H and O–H groups in total. The molecule has 152 valence electrons. The molecule has 29 heavy (non-hydrogen) atoms. The van der Waals surface area contributed by atoms with Crippen LogP contribution in [0.3, 0.4) is 0 Å². The number of benzene rings is 2. The average molecular weight is 397 g/mol. The third-order valence-corrected chi connectivity index (χ3v) is 5.54. The van der Waals surface area contributed by atoms with E-state index >= 15 is 0 Å². The second-order valence-electron chi connectivity index (χ2n) is 7.65. The summed E-state index contributed by atoms with van der Waals surface area (Å²) in [4.78, 5) is 26.0. The summed E-state index contributed by atoms with van der Waals surface area (Å²) in [6.45, 7) is 3.04. The minimum Gasteiger partial charge on any atom is -0.491 e. The maximum absolute atomic E-state index is 13.9. The Morgan fingerprint density at radius 2 is 2.00 bits per heavy atom. The van der Waals surface area contributed by atoms with E-state index in [0.29, 0.717) is 31.4 Å². The first kappa shape index (κ1) is 19.6. The second-order valence-corrected chi connectivity index (χ2v) is 7.65. The summed E-state index contributed by atoms with van der Waals surface area (Å²) < 4.78 is 25.3. The van der Waals surface area contributed by atoms with Crippen molar-refractivity contribution in [3.8, 4) is 5.75 Å². The molecule has 2 aliphatic rings. The molecule has 2 aromatic rings. The van der Waals surface area contributed by atoms with Gasteiger partial charge in [0, 0.05) is 18.5 Å². The van der Waals surface area contributed by atoms with Gasteiger partial charge in [-0.3, -0.25) is 9.59 Å². The molecule has 1 saturated carbocycles. The fraction of sp³-hybridized carbons (Fsp3) is 0.391. The molecule has 4 rings (SSSR count). The van der Waals surface area contributed by atoms with Gasteiger partial charge >= 0.3 is 0 Å². The second kappa shape index (κ2) is 8.33. The van der Waals surface area contributed by atoms with Crippen LogP contribution in [0.2, 0.25) is 0 Å². The van der Waals surface area contributed by atoms with E-state index in [9.17, 15) is 14.0 Å². The molecule has 0 spiro atoms. The summed E-state index contributed by atoms with van der Waals surface area (Å²) in [6, 6.07) is 14.3. The standard InChI is InChI=1S/C23H24FNO4/c1-15(26)19-8-7-17(11-22(19)24)29-14-18-13-25(9-10-28-18)23(27)21-12-20(21)16-5-3-2-4-6-16/h2-8,11,18,20-21H,9-10,12-14H2,1H3/t18?,20-,21+/m0/s1. The van der Waals surface area contributed by atoms with E-state index in [1.807, 2.05) is 23.1 Å². The molecule has 3 atom stereocenters. The van der Waals surface area contributed by atoms with Gasteiger partial charge < -0.3 is 14.4 Å². The summed E-state index contributed by atoms with van der Waals surface area (Å²) in [5, 5.41) is 0.